The number of rotatable bonds is 6. The second-order valence-corrected chi connectivity index (χ2v) is 10.3. The number of fused-ring (bicyclic) bond motifs is 2. The highest BCUT2D eigenvalue weighted by Gasteiger charge is 2.40. The van der Waals surface area contributed by atoms with Gasteiger partial charge in [-0.05, 0) is 17.7 Å². The minimum absolute atomic E-state index is 0.127. The van der Waals surface area contributed by atoms with Crippen LogP contribution in [0.3, 0.4) is 0 Å². The summed E-state index contributed by atoms with van der Waals surface area (Å²) in [6, 6.07) is 8.47. The van der Waals surface area contributed by atoms with Gasteiger partial charge in [0.2, 0.25) is 11.8 Å². The van der Waals surface area contributed by atoms with Gasteiger partial charge in [0.1, 0.15) is 24.5 Å². The SMILES string of the molecule is CC(=O)c1nn(CC(=O)N2C[C@H](F)C[C@H]2C(=O)Nc2cccc(-c3ccc4c(c3Cl)N=CC4)c2F)c2cnccc12. The summed E-state index contributed by atoms with van der Waals surface area (Å²) < 4.78 is 31.5. The third-order valence-electron chi connectivity index (χ3n) is 7.32. The zero-order valence-electron chi connectivity index (χ0n) is 21.8. The molecule has 12 heteroatoms. The van der Waals surface area contributed by atoms with Crippen molar-refractivity contribution in [2.75, 3.05) is 11.9 Å². The van der Waals surface area contributed by atoms with E-state index in [2.05, 4.69) is 20.4 Å². The first-order valence-electron chi connectivity index (χ1n) is 12.9. The molecule has 0 aliphatic carbocycles. The number of benzene rings is 2. The molecule has 4 heterocycles. The number of ketones is 1. The van der Waals surface area contributed by atoms with Gasteiger partial charge in [-0.15, -0.1) is 0 Å². The molecule has 41 heavy (non-hydrogen) atoms. The molecule has 0 bridgehead atoms. The molecule has 0 unspecified atom stereocenters. The molecule has 1 fully saturated rings. The van der Waals surface area contributed by atoms with Crippen molar-refractivity contribution in [1.82, 2.24) is 19.7 Å². The van der Waals surface area contributed by atoms with E-state index in [0.717, 1.165) is 10.5 Å². The van der Waals surface area contributed by atoms with E-state index in [1.807, 2.05) is 6.07 Å². The highest BCUT2D eigenvalue weighted by atomic mass is 35.5. The molecule has 2 aliphatic rings. The Hall–Kier alpha value is -4.51. The summed E-state index contributed by atoms with van der Waals surface area (Å²) in [6.07, 6.45) is 3.68. The Kier molecular flexibility index (Phi) is 6.82. The fraction of sp³-hybridized carbons (Fsp3) is 0.241. The minimum atomic E-state index is -1.44. The number of likely N-dealkylation sites (tertiary alicyclic amines) is 1. The number of carbonyl (C=O) groups is 3. The van der Waals surface area contributed by atoms with Crippen LogP contribution in [-0.2, 0) is 22.6 Å². The number of Topliss-reactive ketones (excluding diaryl/α,β-unsaturated/α-hetero) is 1. The molecule has 0 saturated carbocycles. The van der Waals surface area contributed by atoms with Crippen molar-refractivity contribution < 1.29 is 23.2 Å². The second kappa shape index (κ2) is 10.5. The molecule has 9 nitrogen and oxygen atoms in total. The smallest absolute Gasteiger partial charge is 0.247 e. The average Bonchev–Trinajstić information content (AvgIpc) is 3.68. The van der Waals surface area contributed by atoms with Crippen LogP contribution in [0, 0.1) is 5.82 Å². The fourth-order valence-corrected chi connectivity index (χ4v) is 5.67. The summed E-state index contributed by atoms with van der Waals surface area (Å²) in [4.78, 5) is 48.1. The van der Waals surface area contributed by atoms with Crippen molar-refractivity contribution >= 4 is 57.7 Å². The van der Waals surface area contributed by atoms with E-state index in [1.165, 1.54) is 30.1 Å². The number of alkyl halides is 1. The van der Waals surface area contributed by atoms with Crippen LogP contribution in [0.15, 0.2) is 53.8 Å². The Morgan fingerprint density at radius 2 is 1.98 bits per heavy atom. The van der Waals surface area contributed by atoms with E-state index in [0.29, 0.717) is 33.6 Å². The summed E-state index contributed by atoms with van der Waals surface area (Å²) in [5, 5.41) is 7.62. The van der Waals surface area contributed by atoms with Crippen LogP contribution in [-0.4, -0.2) is 62.2 Å². The predicted molar refractivity (Wildman–Crippen MR) is 150 cm³/mol. The quantitative estimate of drug-likeness (QED) is 0.327. The normalized spacial score (nSPS) is 17.7. The van der Waals surface area contributed by atoms with Gasteiger partial charge in [0.05, 0.1) is 34.7 Å². The molecule has 0 radical (unpaired) electrons. The van der Waals surface area contributed by atoms with Crippen LogP contribution in [0.2, 0.25) is 5.02 Å². The lowest BCUT2D eigenvalue weighted by Crippen LogP contribution is -2.44. The lowest BCUT2D eigenvalue weighted by molar-refractivity contribution is -0.137. The topological polar surface area (TPSA) is 110 Å². The Morgan fingerprint density at radius 3 is 2.78 bits per heavy atom. The monoisotopic (exact) mass is 576 g/mol. The third kappa shape index (κ3) is 4.76. The van der Waals surface area contributed by atoms with Gasteiger partial charge in [0.15, 0.2) is 11.6 Å². The first kappa shape index (κ1) is 26.7. The van der Waals surface area contributed by atoms with Crippen molar-refractivity contribution in [2.24, 2.45) is 4.99 Å². The van der Waals surface area contributed by atoms with E-state index in [1.54, 1.807) is 30.5 Å². The van der Waals surface area contributed by atoms with Gasteiger partial charge >= 0.3 is 0 Å². The Labute approximate surface area is 237 Å². The second-order valence-electron chi connectivity index (χ2n) is 9.96. The number of carbonyl (C=O) groups excluding carboxylic acids is 3. The predicted octanol–water partition coefficient (Wildman–Crippen LogP) is 4.93. The molecule has 1 saturated heterocycles. The van der Waals surface area contributed by atoms with Gasteiger partial charge in [-0.25, -0.2) is 8.78 Å². The molecular weight excluding hydrogens is 554 g/mol. The molecule has 0 spiro atoms. The van der Waals surface area contributed by atoms with Crippen molar-refractivity contribution in [2.45, 2.75) is 38.5 Å². The van der Waals surface area contributed by atoms with E-state index in [4.69, 9.17) is 11.6 Å². The molecule has 2 amide bonds. The Balaban J connectivity index is 1.24. The van der Waals surface area contributed by atoms with E-state index in [-0.39, 0.29) is 42.2 Å². The Morgan fingerprint density at radius 1 is 1.15 bits per heavy atom. The fourth-order valence-electron chi connectivity index (χ4n) is 5.33. The molecule has 4 aromatic rings. The number of aliphatic imine (C=N–C) groups is 1. The molecule has 6 rings (SSSR count). The number of nitrogens with one attached hydrogen (secondary N) is 1. The number of halogens is 3. The van der Waals surface area contributed by atoms with Gasteiger partial charge in [0, 0.05) is 48.7 Å². The third-order valence-corrected chi connectivity index (χ3v) is 7.71. The maximum atomic E-state index is 15.7. The van der Waals surface area contributed by atoms with Gasteiger partial charge < -0.3 is 10.2 Å². The van der Waals surface area contributed by atoms with E-state index >= 15 is 4.39 Å². The van der Waals surface area contributed by atoms with Crippen LogP contribution in [0.5, 0.6) is 0 Å². The number of nitrogens with zero attached hydrogens (tertiary/aromatic N) is 5. The maximum absolute atomic E-state index is 15.7. The van der Waals surface area contributed by atoms with Gasteiger partial charge in [0.25, 0.3) is 0 Å². The van der Waals surface area contributed by atoms with Crippen molar-refractivity contribution in [1.29, 1.82) is 0 Å². The standard InChI is InChI=1S/C29H23ClF2N6O3/c1-15(39)27-20-8-9-33-12-23(20)38(36-27)14-24(40)37-13-17(31)11-22(37)29(41)35-21-4-2-3-19(26(21)32)18-6-5-16-7-10-34-28(16)25(18)30/h2-6,8-10,12,17,22H,7,11,13-14H2,1H3,(H,35,41)/t17-,22+/m1/s1. The van der Waals surface area contributed by atoms with Crippen LogP contribution in [0.4, 0.5) is 20.2 Å². The van der Waals surface area contributed by atoms with Crippen LogP contribution in [0.25, 0.3) is 22.0 Å². The summed E-state index contributed by atoms with van der Waals surface area (Å²) in [5.41, 5.74) is 2.62. The van der Waals surface area contributed by atoms with Crippen LogP contribution >= 0.6 is 11.6 Å². The first-order chi connectivity index (χ1) is 19.7. The van der Waals surface area contributed by atoms with Gasteiger partial charge in [-0.1, -0.05) is 35.9 Å². The van der Waals surface area contributed by atoms with Crippen molar-refractivity contribution in [3.05, 3.63) is 70.9 Å². The molecule has 2 aliphatic heterocycles. The Bertz CT molecular complexity index is 1770. The number of hydrogen-bond donors (Lipinski definition) is 1. The zero-order valence-corrected chi connectivity index (χ0v) is 22.5. The van der Waals surface area contributed by atoms with Crippen molar-refractivity contribution in [3.8, 4) is 11.1 Å². The highest BCUT2D eigenvalue weighted by Crippen LogP contribution is 2.41. The number of aromatic nitrogens is 3. The van der Waals surface area contributed by atoms with E-state index in [9.17, 15) is 18.8 Å². The lowest BCUT2D eigenvalue weighted by atomic mass is 10.0. The van der Waals surface area contributed by atoms with Gasteiger partial charge in [-0.2, -0.15) is 5.10 Å². The summed E-state index contributed by atoms with van der Waals surface area (Å²) in [5.74, 6) is -2.30. The summed E-state index contributed by atoms with van der Waals surface area (Å²) >= 11 is 6.53. The van der Waals surface area contributed by atoms with Gasteiger partial charge in [-0.3, -0.25) is 29.0 Å². The minimum Gasteiger partial charge on any atom is -0.326 e. The summed E-state index contributed by atoms with van der Waals surface area (Å²) in [7, 11) is 0. The average molecular weight is 577 g/mol. The molecular formula is C29H23ClF2N6O3. The van der Waals surface area contributed by atoms with E-state index < -0.39 is 29.8 Å². The number of hydrogen-bond acceptors (Lipinski definition) is 6. The number of amides is 2. The first-order valence-corrected chi connectivity index (χ1v) is 13.3. The largest absolute Gasteiger partial charge is 0.326 e. The molecule has 2 atom stereocenters. The lowest BCUT2D eigenvalue weighted by Gasteiger charge is -2.24. The zero-order chi connectivity index (χ0) is 28.8. The highest BCUT2D eigenvalue weighted by molar-refractivity contribution is 6.36. The molecule has 1 N–H and O–H groups in total. The number of pyridine rings is 1. The van der Waals surface area contributed by atoms with Crippen LogP contribution < -0.4 is 5.32 Å². The van der Waals surface area contributed by atoms with Crippen molar-refractivity contribution in [3.63, 3.8) is 0 Å². The molecule has 2 aromatic carbocycles. The van der Waals surface area contributed by atoms with Crippen LogP contribution in [0.1, 0.15) is 29.4 Å². The molecule has 2 aromatic heterocycles. The molecule has 208 valence electrons. The number of anilines is 1. The summed E-state index contributed by atoms with van der Waals surface area (Å²) in [6.45, 7) is 0.722. The maximum Gasteiger partial charge on any atom is 0.247 e.